The normalized spacial score (nSPS) is 13.0. The van der Waals surface area contributed by atoms with Crippen LogP contribution < -0.4 is 10.5 Å². The summed E-state index contributed by atoms with van der Waals surface area (Å²) in [5, 5.41) is 14.0. The smallest absolute Gasteiger partial charge is 0.221 e. The Hall–Kier alpha value is -3.45. The third kappa shape index (κ3) is 4.73. The van der Waals surface area contributed by atoms with Gasteiger partial charge in [-0.3, -0.25) is 0 Å². The first-order valence-corrected chi connectivity index (χ1v) is 10.9. The van der Waals surface area contributed by atoms with Crippen LogP contribution in [0.4, 0.5) is 5.95 Å². The number of nitrogens with zero attached hydrogens (tertiary/aromatic N) is 5. The van der Waals surface area contributed by atoms with Gasteiger partial charge in [0, 0.05) is 41.6 Å². The first-order valence-electron chi connectivity index (χ1n) is 10.0. The molecule has 0 spiro atoms. The van der Waals surface area contributed by atoms with E-state index in [1.165, 1.54) is 11.3 Å². The van der Waals surface area contributed by atoms with E-state index in [2.05, 4.69) is 26.8 Å². The number of nitrogen functional groups attached to an aromatic ring is 1. The molecule has 8 nitrogen and oxygen atoms in total. The molecule has 0 radical (unpaired) electrons. The lowest BCUT2D eigenvalue weighted by molar-refractivity contribution is 0.122. The Labute approximate surface area is 190 Å². The lowest BCUT2D eigenvalue weighted by Crippen LogP contribution is -2.20. The summed E-state index contributed by atoms with van der Waals surface area (Å²) in [4.78, 5) is 14.6. The van der Waals surface area contributed by atoms with Gasteiger partial charge in [-0.1, -0.05) is 11.8 Å². The molecule has 4 rings (SSSR count). The van der Waals surface area contributed by atoms with E-state index < -0.39 is 5.60 Å². The van der Waals surface area contributed by atoms with E-state index in [9.17, 15) is 5.11 Å². The fourth-order valence-electron chi connectivity index (χ4n) is 3.08. The summed E-state index contributed by atoms with van der Waals surface area (Å²) < 4.78 is 7.91. The van der Waals surface area contributed by atoms with Crippen molar-refractivity contribution >= 4 is 28.3 Å². The summed E-state index contributed by atoms with van der Waals surface area (Å²) in [6.45, 7) is 2.92. The van der Waals surface area contributed by atoms with Crippen LogP contribution in [-0.2, 0) is 5.60 Å². The number of nitrogens with two attached hydrogens (primary N) is 1. The Kier molecular flexibility index (Phi) is 6.10. The minimum absolute atomic E-state index is 0.209. The Balaban J connectivity index is 1.75. The van der Waals surface area contributed by atoms with Gasteiger partial charge in [-0.05, 0) is 45.3 Å². The van der Waals surface area contributed by atoms with Crippen LogP contribution in [0, 0.1) is 11.8 Å². The molecule has 0 saturated carbocycles. The highest BCUT2D eigenvalue weighted by Gasteiger charge is 2.23. The molecule has 0 aliphatic carbocycles. The molecule has 1 aromatic carbocycles. The Morgan fingerprint density at radius 2 is 2.12 bits per heavy atom. The van der Waals surface area contributed by atoms with E-state index in [0.717, 1.165) is 17.6 Å². The topological polar surface area (TPSA) is 102 Å². The third-order valence-electron chi connectivity index (χ3n) is 4.77. The highest BCUT2D eigenvalue weighted by Crippen LogP contribution is 2.26. The number of anilines is 1. The molecule has 3 heterocycles. The standard InChI is InChI=1S/C23H24N6O2S/c1-23(30,21-25-9-13-32-21)8-6-16-14-18(4-5-19(16)31-12-11-28(2)3)29-10-7-17-15-26-22(24)27-20(17)29/h4-5,7,9-10,13-15,30H,11-12H2,1-3H3,(H2,24,26,27). The second-order valence-electron chi connectivity index (χ2n) is 7.68. The van der Waals surface area contributed by atoms with Gasteiger partial charge in [-0.15, -0.1) is 11.3 Å². The fourth-order valence-corrected chi connectivity index (χ4v) is 3.73. The van der Waals surface area contributed by atoms with E-state index in [1.54, 1.807) is 19.3 Å². The molecular formula is C23H24N6O2S. The van der Waals surface area contributed by atoms with Crippen molar-refractivity contribution in [1.29, 1.82) is 0 Å². The van der Waals surface area contributed by atoms with E-state index in [-0.39, 0.29) is 5.95 Å². The molecule has 0 aliphatic heterocycles. The molecule has 164 valence electrons. The monoisotopic (exact) mass is 448 g/mol. The van der Waals surface area contributed by atoms with E-state index in [0.29, 0.717) is 28.6 Å². The minimum atomic E-state index is -1.37. The summed E-state index contributed by atoms with van der Waals surface area (Å²) >= 11 is 1.36. The number of rotatable bonds is 6. The number of benzene rings is 1. The predicted octanol–water partition coefficient (Wildman–Crippen LogP) is 2.66. The number of ether oxygens (including phenoxy) is 1. The average molecular weight is 449 g/mol. The second-order valence-corrected chi connectivity index (χ2v) is 8.58. The lowest BCUT2D eigenvalue weighted by Gasteiger charge is -2.15. The zero-order chi connectivity index (χ0) is 22.7. The van der Waals surface area contributed by atoms with Crippen LogP contribution in [0.25, 0.3) is 16.7 Å². The molecule has 0 bridgehead atoms. The second kappa shape index (κ2) is 8.96. The first kappa shape index (κ1) is 21.8. The van der Waals surface area contributed by atoms with Gasteiger partial charge in [-0.2, -0.15) is 4.98 Å². The van der Waals surface area contributed by atoms with Crippen LogP contribution in [0.5, 0.6) is 5.75 Å². The summed E-state index contributed by atoms with van der Waals surface area (Å²) in [5.41, 5.74) is 6.62. The van der Waals surface area contributed by atoms with Crippen LogP contribution >= 0.6 is 11.3 Å². The molecular weight excluding hydrogens is 424 g/mol. The molecule has 0 aliphatic rings. The third-order valence-corrected chi connectivity index (χ3v) is 5.76. The van der Waals surface area contributed by atoms with Gasteiger partial charge in [0.25, 0.3) is 0 Å². The van der Waals surface area contributed by atoms with Gasteiger partial charge in [0.05, 0.1) is 5.56 Å². The molecule has 32 heavy (non-hydrogen) atoms. The Morgan fingerprint density at radius 1 is 1.28 bits per heavy atom. The lowest BCUT2D eigenvalue weighted by atomic mass is 10.1. The largest absolute Gasteiger partial charge is 0.491 e. The van der Waals surface area contributed by atoms with Gasteiger partial charge in [0.1, 0.15) is 23.0 Å². The average Bonchev–Trinajstić information content (AvgIpc) is 3.43. The highest BCUT2D eigenvalue weighted by atomic mass is 32.1. The molecule has 0 saturated heterocycles. The number of likely N-dealkylation sites (N-methyl/N-ethyl adjacent to an activating group) is 1. The summed E-state index contributed by atoms with van der Waals surface area (Å²) in [6.07, 6.45) is 5.25. The van der Waals surface area contributed by atoms with Crippen molar-refractivity contribution in [1.82, 2.24) is 24.4 Å². The van der Waals surface area contributed by atoms with Gasteiger partial charge in [0.15, 0.2) is 5.60 Å². The summed E-state index contributed by atoms with van der Waals surface area (Å²) in [5.74, 6) is 6.89. The molecule has 0 amide bonds. The van der Waals surface area contributed by atoms with E-state index in [1.807, 2.05) is 59.4 Å². The molecule has 1 unspecified atom stereocenters. The van der Waals surface area contributed by atoms with Crippen molar-refractivity contribution in [3.05, 3.63) is 58.8 Å². The summed E-state index contributed by atoms with van der Waals surface area (Å²) in [7, 11) is 3.98. The molecule has 9 heteroatoms. The van der Waals surface area contributed by atoms with Gasteiger partial charge < -0.3 is 25.0 Å². The van der Waals surface area contributed by atoms with Crippen LogP contribution in [0.2, 0.25) is 0 Å². The molecule has 1 atom stereocenters. The zero-order valence-electron chi connectivity index (χ0n) is 18.1. The van der Waals surface area contributed by atoms with E-state index in [4.69, 9.17) is 10.5 Å². The van der Waals surface area contributed by atoms with Crippen molar-refractivity contribution in [2.45, 2.75) is 12.5 Å². The zero-order valence-corrected chi connectivity index (χ0v) is 18.9. The number of thiazole rings is 1. The van der Waals surface area contributed by atoms with Crippen molar-refractivity contribution in [2.75, 3.05) is 33.0 Å². The number of hydrogen-bond acceptors (Lipinski definition) is 8. The van der Waals surface area contributed by atoms with Crippen molar-refractivity contribution < 1.29 is 9.84 Å². The number of aromatic nitrogens is 4. The quantitative estimate of drug-likeness (QED) is 0.437. The highest BCUT2D eigenvalue weighted by molar-refractivity contribution is 7.09. The van der Waals surface area contributed by atoms with Gasteiger partial charge in [0.2, 0.25) is 5.95 Å². The van der Waals surface area contributed by atoms with E-state index >= 15 is 0 Å². The molecule has 4 aromatic rings. The first-order chi connectivity index (χ1) is 15.3. The SMILES string of the molecule is CN(C)CCOc1ccc(-n2ccc3cnc(N)nc32)cc1C#CC(C)(O)c1nccs1. The van der Waals surface area contributed by atoms with Crippen LogP contribution in [0.3, 0.4) is 0 Å². The van der Waals surface area contributed by atoms with Crippen molar-refractivity contribution in [3.63, 3.8) is 0 Å². The molecule has 3 aromatic heterocycles. The van der Waals surface area contributed by atoms with Crippen LogP contribution in [-0.4, -0.2) is 56.8 Å². The van der Waals surface area contributed by atoms with Crippen molar-refractivity contribution in [2.24, 2.45) is 0 Å². The van der Waals surface area contributed by atoms with Crippen LogP contribution in [0.1, 0.15) is 17.5 Å². The molecule has 0 fully saturated rings. The maximum absolute atomic E-state index is 10.8. The van der Waals surface area contributed by atoms with Crippen molar-refractivity contribution in [3.8, 4) is 23.3 Å². The predicted molar refractivity (Wildman–Crippen MR) is 126 cm³/mol. The summed E-state index contributed by atoms with van der Waals surface area (Å²) in [6, 6.07) is 7.65. The number of hydrogen-bond donors (Lipinski definition) is 2. The fraction of sp³-hybridized carbons (Fsp3) is 0.261. The maximum atomic E-state index is 10.8. The van der Waals surface area contributed by atoms with Gasteiger partial charge >= 0.3 is 0 Å². The minimum Gasteiger partial charge on any atom is -0.491 e. The Bertz CT molecular complexity index is 1290. The van der Waals surface area contributed by atoms with Gasteiger partial charge in [-0.25, -0.2) is 9.97 Å². The number of aliphatic hydroxyl groups is 1. The Morgan fingerprint density at radius 3 is 2.88 bits per heavy atom. The van der Waals surface area contributed by atoms with Crippen LogP contribution in [0.15, 0.2) is 48.2 Å². The number of fused-ring (bicyclic) bond motifs is 1. The molecule has 3 N–H and O–H groups in total. The maximum Gasteiger partial charge on any atom is 0.221 e.